The van der Waals surface area contributed by atoms with E-state index in [1.165, 1.54) is 12.1 Å². The fourth-order valence-corrected chi connectivity index (χ4v) is 3.88. The van der Waals surface area contributed by atoms with Crippen LogP contribution in [0, 0.1) is 5.82 Å². The topological polar surface area (TPSA) is 89.7 Å². The van der Waals surface area contributed by atoms with Gasteiger partial charge in [-0.3, -0.25) is 15.0 Å². The summed E-state index contributed by atoms with van der Waals surface area (Å²) in [6, 6.07) is 15.4. The molecule has 0 spiro atoms. The number of pyridine rings is 1. The van der Waals surface area contributed by atoms with Crippen LogP contribution in [0.5, 0.6) is 0 Å². The van der Waals surface area contributed by atoms with Gasteiger partial charge in [0.05, 0.1) is 35.0 Å². The van der Waals surface area contributed by atoms with Gasteiger partial charge in [0.1, 0.15) is 11.6 Å². The van der Waals surface area contributed by atoms with Gasteiger partial charge in [0.15, 0.2) is 0 Å². The van der Waals surface area contributed by atoms with Gasteiger partial charge < -0.3 is 5.32 Å². The van der Waals surface area contributed by atoms with E-state index in [0.29, 0.717) is 11.4 Å². The lowest BCUT2D eigenvalue weighted by molar-refractivity contribution is 0.262. The Morgan fingerprint density at radius 1 is 1.00 bits per heavy atom. The summed E-state index contributed by atoms with van der Waals surface area (Å²) in [5, 5.41) is 15.1. The molecule has 0 fully saturated rings. The summed E-state index contributed by atoms with van der Waals surface area (Å²) in [7, 11) is 1.83. The minimum atomic E-state index is -0.569. The van der Waals surface area contributed by atoms with E-state index < -0.39 is 11.8 Å². The van der Waals surface area contributed by atoms with Crippen LogP contribution in [0.3, 0.4) is 0 Å². The number of aromatic nitrogens is 5. The number of para-hydroxylation sites is 1. The maximum Gasteiger partial charge on any atom is 0.324 e. The molecule has 0 saturated heterocycles. The van der Waals surface area contributed by atoms with Gasteiger partial charge in [-0.25, -0.2) is 13.9 Å². The number of rotatable bonds is 5. The number of fused-ring (bicyclic) bond motifs is 1. The number of halogens is 1. The predicted octanol–water partition coefficient (Wildman–Crippen LogP) is 5.73. The van der Waals surface area contributed by atoms with Crippen LogP contribution >= 0.6 is 0 Å². The van der Waals surface area contributed by atoms with Crippen LogP contribution in [-0.4, -0.2) is 30.6 Å². The van der Waals surface area contributed by atoms with Crippen molar-refractivity contribution in [2.75, 3.05) is 10.6 Å². The predicted molar refractivity (Wildman–Crippen MR) is 134 cm³/mol. The number of hydrogen-bond donors (Lipinski definition) is 2. The molecule has 2 aromatic carbocycles. The van der Waals surface area contributed by atoms with Gasteiger partial charge in [0.2, 0.25) is 0 Å². The van der Waals surface area contributed by atoms with E-state index in [4.69, 9.17) is 0 Å². The number of hydrogen-bond acceptors (Lipinski definition) is 4. The molecule has 8 nitrogen and oxygen atoms in total. The average molecular weight is 470 g/mol. The molecule has 35 heavy (non-hydrogen) atoms. The zero-order valence-electron chi connectivity index (χ0n) is 19.5. The first-order valence-electron chi connectivity index (χ1n) is 11.2. The van der Waals surface area contributed by atoms with Crippen LogP contribution in [0.15, 0.2) is 73.2 Å². The number of carbonyl (C=O) groups is 1. The molecule has 9 heteroatoms. The van der Waals surface area contributed by atoms with E-state index in [1.807, 2.05) is 57.3 Å². The summed E-state index contributed by atoms with van der Waals surface area (Å²) in [5.74, 6) is 0.106. The molecule has 3 heterocycles. The third kappa shape index (κ3) is 4.35. The van der Waals surface area contributed by atoms with Crippen LogP contribution in [0.2, 0.25) is 0 Å². The van der Waals surface area contributed by atoms with Crippen molar-refractivity contribution >= 4 is 28.4 Å². The van der Waals surface area contributed by atoms with Crippen LogP contribution in [0.4, 0.5) is 20.7 Å². The zero-order chi connectivity index (χ0) is 24.5. The first-order chi connectivity index (χ1) is 16.9. The van der Waals surface area contributed by atoms with E-state index in [1.54, 1.807) is 34.0 Å². The molecule has 2 amide bonds. The maximum atomic E-state index is 15.0. The normalized spacial score (nSPS) is 11.2. The van der Waals surface area contributed by atoms with Crippen molar-refractivity contribution in [1.82, 2.24) is 24.5 Å². The quantitative estimate of drug-likeness (QED) is 0.344. The van der Waals surface area contributed by atoms with Gasteiger partial charge in [-0.1, -0.05) is 38.1 Å². The molecule has 5 aromatic rings. The van der Waals surface area contributed by atoms with Gasteiger partial charge in [0.25, 0.3) is 0 Å². The van der Waals surface area contributed by atoms with Crippen LogP contribution < -0.4 is 10.6 Å². The number of anilines is 2. The summed E-state index contributed by atoms with van der Waals surface area (Å²) in [6.45, 7) is 4.06. The first-order valence-corrected chi connectivity index (χ1v) is 11.2. The number of amides is 2. The monoisotopic (exact) mass is 469 g/mol. The fourth-order valence-electron chi connectivity index (χ4n) is 3.88. The van der Waals surface area contributed by atoms with Crippen molar-refractivity contribution in [3.63, 3.8) is 0 Å². The van der Waals surface area contributed by atoms with Crippen molar-refractivity contribution in [3.05, 3.63) is 84.7 Å². The number of nitrogens with zero attached hydrogens (tertiary/aromatic N) is 5. The molecule has 0 bridgehead atoms. The summed E-state index contributed by atoms with van der Waals surface area (Å²) in [5.41, 5.74) is 3.95. The van der Waals surface area contributed by atoms with Crippen LogP contribution in [0.1, 0.15) is 25.5 Å². The highest BCUT2D eigenvalue weighted by Gasteiger charge is 2.16. The van der Waals surface area contributed by atoms with E-state index in [0.717, 1.165) is 27.8 Å². The Morgan fingerprint density at radius 3 is 2.54 bits per heavy atom. The smallest absolute Gasteiger partial charge is 0.305 e. The molecular weight excluding hydrogens is 445 g/mol. The molecule has 0 unspecified atom stereocenters. The van der Waals surface area contributed by atoms with Gasteiger partial charge >= 0.3 is 6.03 Å². The van der Waals surface area contributed by atoms with Crippen LogP contribution in [0.25, 0.3) is 27.7 Å². The summed E-state index contributed by atoms with van der Waals surface area (Å²) in [6.07, 6.45) is 5.12. The maximum absolute atomic E-state index is 15.0. The lowest BCUT2D eigenvalue weighted by Crippen LogP contribution is -2.22. The van der Waals surface area contributed by atoms with Crippen molar-refractivity contribution < 1.29 is 9.18 Å². The largest absolute Gasteiger partial charge is 0.324 e. The Hall–Kier alpha value is -4.53. The van der Waals surface area contributed by atoms with Crippen molar-refractivity contribution in [2.45, 2.75) is 19.8 Å². The molecule has 0 atom stereocenters. The van der Waals surface area contributed by atoms with Crippen molar-refractivity contribution in [1.29, 1.82) is 0 Å². The second-order valence-corrected chi connectivity index (χ2v) is 8.52. The number of aryl methyl sites for hydroxylation is 1. The summed E-state index contributed by atoms with van der Waals surface area (Å²) in [4.78, 5) is 17.0. The number of urea groups is 1. The van der Waals surface area contributed by atoms with Gasteiger partial charge in [-0.15, -0.1) is 0 Å². The van der Waals surface area contributed by atoms with Crippen molar-refractivity contribution in [2.24, 2.45) is 7.05 Å². The highest BCUT2D eigenvalue weighted by Crippen LogP contribution is 2.30. The Bertz CT molecular complexity index is 1520. The molecule has 0 aliphatic rings. The summed E-state index contributed by atoms with van der Waals surface area (Å²) < 4.78 is 18.4. The van der Waals surface area contributed by atoms with Gasteiger partial charge in [-0.2, -0.15) is 10.2 Å². The number of carbonyl (C=O) groups excluding carboxylic acids is 1. The third-order valence-corrected chi connectivity index (χ3v) is 5.77. The number of benzene rings is 2. The standard InChI is InChI=1S/C26H24FN7O/c1-16(2)23-12-25(34(32-23)18-7-5-4-6-8-18)31-26(35)30-22-10-9-17(11-21(22)27)19-13-28-15-24-20(19)14-29-33(24)3/h4-16H,1-3H3,(H2,30,31,35). The molecule has 0 aliphatic carbocycles. The highest BCUT2D eigenvalue weighted by atomic mass is 19.1. The molecule has 2 N–H and O–H groups in total. The Labute approximate surface area is 201 Å². The van der Waals surface area contributed by atoms with E-state index >= 15 is 0 Å². The van der Waals surface area contributed by atoms with E-state index in [2.05, 4.69) is 25.8 Å². The molecule has 0 saturated carbocycles. The molecule has 5 rings (SSSR count). The third-order valence-electron chi connectivity index (χ3n) is 5.77. The molecular formula is C26H24FN7O. The molecule has 0 radical (unpaired) electrons. The Morgan fingerprint density at radius 2 is 1.80 bits per heavy atom. The lowest BCUT2D eigenvalue weighted by Gasteiger charge is -2.11. The Balaban J connectivity index is 1.38. The van der Waals surface area contributed by atoms with Crippen molar-refractivity contribution in [3.8, 4) is 16.8 Å². The zero-order valence-corrected chi connectivity index (χ0v) is 19.5. The Kier molecular flexibility index (Phi) is 5.74. The second-order valence-electron chi connectivity index (χ2n) is 8.52. The van der Waals surface area contributed by atoms with Gasteiger partial charge in [0, 0.05) is 30.3 Å². The minimum Gasteiger partial charge on any atom is -0.305 e. The summed E-state index contributed by atoms with van der Waals surface area (Å²) >= 11 is 0. The molecule has 0 aliphatic heterocycles. The van der Waals surface area contributed by atoms with Gasteiger partial charge in [-0.05, 0) is 35.7 Å². The minimum absolute atomic E-state index is 0.0624. The lowest BCUT2D eigenvalue weighted by atomic mass is 10.0. The second kappa shape index (κ2) is 9.02. The number of nitrogens with one attached hydrogen (secondary N) is 2. The molecule has 3 aromatic heterocycles. The van der Waals surface area contributed by atoms with E-state index in [9.17, 15) is 9.18 Å². The van der Waals surface area contributed by atoms with E-state index in [-0.39, 0.29) is 11.6 Å². The molecule has 176 valence electrons. The average Bonchev–Trinajstić information content (AvgIpc) is 3.45. The SMILES string of the molecule is CC(C)c1cc(NC(=O)Nc2ccc(-c3cncc4c3cnn4C)cc2F)n(-c2ccccc2)n1. The fraction of sp³-hybridized carbons (Fsp3) is 0.154. The highest BCUT2D eigenvalue weighted by molar-refractivity contribution is 6.00. The van der Waals surface area contributed by atoms with Crippen LogP contribution in [-0.2, 0) is 7.05 Å². The first kappa shape index (κ1) is 22.3.